The molecule has 2 amide bonds. The van der Waals surface area contributed by atoms with E-state index in [1.165, 1.54) is 0 Å². The maximum Gasteiger partial charge on any atom is 0.257 e. The first kappa shape index (κ1) is 19.3. The van der Waals surface area contributed by atoms with E-state index in [1.807, 2.05) is 55.5 Å². The van der Waals surface area contributed by atoms with E-state index in [4.69, 9.17) is 0 Å². The molecule has 2 heterocycles. The van der Waals surface area contributed by atoms with E-state index >= 15 is 0 Å². The third-order valence-corrected chi connectivity index (χ3v) is 5.84. The molecule has 0 atom stereocenters. The average Bonchev–Trinajstić information content (AvgIpc) is 3.30. The number of aryl methyl sites for hydroxylation is 1. The highest BCUT2D eigenvalue weighted by atomic mass is 32.2. The van der Waals surface area contributed by atoms with Gasteiger partial charge in [0.25, 0.3) is 5.91 Å². The number of anilines is 1. The fourth-order valence-electron chi connectivity index (χ4n) is 3.31. The molecule has 0 unspecified atom stereocenters. The summed E-state index contributed by atoms with van der Waals surface area (Å²) >= 11 is 1.76. The molecule has 0 bridgehead atoms. The van der Waals surface area contributed by atoms with Gasteiger partial charge in [-0.05, 0) is 24.1 Å². The Morgan fingerprint density at radius 3 is 2.62 bits per heavy atom. The number of amides is 2. The summed E-state index contributed by atoms with van der Waals surface area (Å²) in [6, 6.07) is 17.2. The fourth-order valence-corrected chi connectivity index (χ4v) is 4.35. The standard InChI is InChI=1S/C22H22N4O2S/c1-15-7-5-6-10-17(15)22(28)24-21-18-13-29-14-19(18)25-26(21)12-20(27)23-11-16-8-3-2-4-9-16/h2-10H,11-14H2,1H3,(H,23,27)(H,24,28). The van der Waals surface area contributed by atoms with Crippen molar-refractivity contribution in [3.8, 4) is 0 Å². The number of thioether (sulfide) groups is 1. The van der Waals surface area contributed by atoms with Gasteiger partial charge in [-0.1, -0.05) is 48.5 Å². The molecule has 0 radical (unpaired) electrons. The lowest BCUT2D eigenvalue weighted by molar-refractivity contribution is -0.122. The van der Waals surface area contributed by atoms with Crippen LogP contribution in [0.15, 0.2) is 54.6 Å². The summed E-state index contributed by atoms with van der Waals surface area (Å²) in [4.78, 5) is 25.3. The monoisotopic (exact) mass is 406 g/mol. The van der Waals surface area contributed by atoms with Crippen molar-refractivity contribution in [1.82, 2.24) is 15.1 Å². The van der Waals surface area contributed by atoms with Crippen molar-refractivity contribution >= 4 is 29.4 Å². The maximum absolute atomic E-state index is 12.8. The molecule has 29 heavy (non-hydrogen) atoms. The van der Waals surface area contributed by atoms with Crippen molar-refractivity contribution in [1.29, 1.82) is 0 Å². The molecule has 7 heteroatoms. The number of carbonyl (C=O) groups is 2. The highest BCUT2D eigenvalue weighted by Gasteiger charge is 2.25. The minimum atomic E-state index is -0.186. The van der Waals surface area contributed by atoms with Gasteiger partial charge in [0.15, 0.2) is 0 Å². The molecule has 0 saturated carbocycles. The Hall–Kier alpha value is -3.06. The van der Waals surface area contributed by atoms with Crippen LogP contribution in [0.3, 0.4) is 0 Å². The summed E-state index contributed by atoms with van der Waals surface area (Å²) in [5.41, 5.74) is 4.50. The van der Waals surface area contributed by atoms with Gasteiger partial charge in [0.1, 0.15) is 12.4 Å². The summed E-state index contributed by atoms with van der Waals surface area (Å²) < 4.78 is 1.61. The highest BCUT2D eigenvalue weighted by molar-refractivity contribution is 7.98. The predicted molar refractivity (Wildman–Crippen MR) is 115 cm³/mol. The van der Waals surface area contributed by atoms with Gasteiger partial charge in [-0.2, -0.15) is 16.9 Å². The largest absolute Gasteiger partial charge is 0.350 e. The van der Waals surface area contributed by atoms with Crippen LogP contribution in [-0.2, 0) is 29.4 Å². The number of nitrogens with one attached hydrogen (secondary N) is 2. The lowest BCUT2D eigenvalue weighted by Crippen LogP contribution is -2.29. The van der Waals surface area contributed by atoms with Crippen LogP contribution in [0.1, 0.15) is 32.7 Å². The zero-order chi connectivity index (χ0) is 20.2. The van der Waals surface area contributed by atoms with Crippen LogP contribution in [0.2, 0.25) is 0 Å². The van der Waals surface area contributed by atoms with Crippen molar-refractivity contribution in [3.05, 3.63) is 82.5 Å². The summed E-state index contributed by atoms with van der Waals surface area (Å²) in [5.74, 6) is 1.86. The third kappa shape index (κ3) is 4.35. The van der Waals surface area contributed by atoms with E-state index in [2.05, 4.69) is 15.7 Å². The van der Waals surface area contributed by atoms with Crippen molar-refractivity contribution in [3.63, 3.8) is 0 Å². The van der Waals surface area contributed by atoms with Gasteiger partial charge in [-0.15, -0.1) is 0 Å². The summed E-state index contributed by atoms with van der Waals surface area (Å²) in [5, 5.41) is 10.5. The zero-order valence-corrected chi connectivity index (χ0v) is 17.0. The van der Waals surface area contributed by atoms with Crippen molar-refractivity contribution in [2.75, 3.05) is 5.32 Å². The zero-order valence-electron chi connectivity index (χ0n) is 16.1. The topological polar surface area (TPSA) is 76.0 Å². The first-order valence-electron chi connectivity index (χ1n) is 9.45. The molecule has 0 spiro atoms. The van der Waals surface area contributed by atoms with Crippen molar-refractivity contribution < 1.29 is 9.59 Å². The Labute approximate surface area is 173 Å². The molecular formula is C22H22N4O2S. The van der Waals surface area contributed by atoms with E-state index in [9.17, 15) is 9.59 Å². The van der Waals surface area contributed by atoms with Crippen molar-refractivity contribution in [2.24, 2.45) is 0 Å². The molecule has 4 rings (SSSR count). The van der Waals surface area contributed by atoms with Gasteiger partial charge in [-0.25, -0.2) is 4.68 Å². The number of carbonyl (C=O) groups excluding carboxylic acids is 2. The van der Waals surface area contributed by atoms with Gasteiger partial charge in [0.05, 0.1) is 5.69 Å². The Balaban J connectivity index is 1.50. The van der Waals surface area contributed by atoms with Crippen LogP contribution >= 0.6 is 11.8 Å². The summed E-state index contributed by atoms with van der Waals surface area (Å²) in [6.45, 7) is 2.43. The number of hydrogen-bond donors (Lipinski definition) is 2. The molecule has 6 nitrogen and oxygen atoms in total. The Morgan fingerprint density at radius 1 is 1.07 bits per heavy atom. The van der Waals surface area contributed by atoms with E-state index in [0.29, 0.717) is 17.9 Å². The average molecular weight is 407 g/mol. The maximum atomic E-state index is 12.8. The second kappa shape index (κ2) is 8.53. The van der Waals surface area contributed by atoms with Gasteiger partial charge >= 0.3 is 0 Å². The Kier molecular flexibility index (Phi) is 5.67. The van der Waals surface area contributed by atoms with E-state index in [0.717, 1.165) is 33.9 Å². The normalized spacial score (nSPS) is 12.4. The van der Waals surface area contributed by atoms with Gasteiger partial charge in [-0.3, -0.25) is 9.59 Å². The molecule has 1 aromatic heterocycles. The molecular weight excluding hydrogens is 384 g/mol. The third-order valence-electron chi connectivity index (χ3n) is 4.87. The molecule has 0 fully saturated rings. The molecule has 3 aromatic rings. The van der Waals surface area contributed by atoms with Crippen LogP contribution in [0.4, 0.5) is 5.82 Å². The predicted octanol–water partition coefficient (Wildman–Crippen LogP) is 3.51. The quantitative estimate of drug-likeness (QED) is 0.657. The van der Waals surface area contributed by atoms with Crippen LogP contribution in [0.25, 0.3) is 0 Å². The number of nitrogens with zero attached hydrogens (tertiary/aromatic N) is 2. The Bertz CT molecular complexity index is 1050. The number of benzene rings is 2. The smallest absolute Gasteiger partial charge is 0.257 e. The lowest BCUT2D eigenvalue weighted by atomic mass is 10.1. The van der Waals surface area contributed by atoms with Gasteiger partial charge in [0, 0.05) is 29.2 Å². The second-order valence-electron chi connectivity index (χ2n) is 6.96. The van der Waals surface area contributed by atoms with Crippen LogP contribution in [0, 0.1) is 6.92 Å². The van der Waals surface area contributed by atoms with E-state index < -0.39 is 0 Å². The van der Waals surface area contributed by atoms with Crippen LogP contribution in [-0.4, -0.2) is 21.6 Å². The first-order valence-corrected chi connectivity index (χ1v) is 10.6. The van der Waals surface area contributed by atoms with E-state index in [1.54, 1.807) is 22.5 Å². The lowest BCUT2D eigenvalue weighted by Gasteiger charge is -2.12. The first-order chi connectivity index (χ1) is 14.1. The van der Waals surface area contributed by atoms with Crippen LogP contribution in [0.5, 0.6) is 0 Å². The second-order valence-corrected chi connectivity index (χ2v) is 7.94. The molecule has 2 N–H and O–H groups in total. The molecule has 1 aliphatic rings. The number of aromatic nitrogens is 2. The minimum Gasteiger partial charge on any atom is -0.350 e. The Morgan fingerprint density at radius 2 is 1.83 bits per heavy atom. The molecule has 0 saturated heterocycles. The van der Waals surface area contributed by atoms with Crippen molar-refractivity contribution in [2.45, 2.75) is 31.5 Å². The number of rotatable bonds is 6. The molecule has 0 aliphatic carbocycles. The van der Waals surface area contributed by atoms with E-state index in [-0.39, 0.29) is 18.4 Å². The SMILES string of the molecule is Cc1ccccc1C(=O)Nc1c2c(nn1CC(=O)NCc1ccccc1)CSC2. The molecule has 2 aromatic carbocycles. The van der Waals surface area contributed by atoms with Gasteiger partial charge < -0.3 is 10.6 Å². The number of hydrogen-bond acceptors (Lipinski definition) is 4. The minimum absolute atomic E-state index is 0.0634. The summed E-state index contributed by atoms with van der Waals surface area (Å²) in [7, 11) is 0. The summed E-state index contributed by atoms with van der Waals surface area (Å²) in [6.07, 6.45) is 0. The molecule has 1 aliphatic heterocycles. The number of fused-ring (bicyclic) bond motifs is 1. The highest BCUT2D eigenvalue weighted by Crippen LogP contribution is 2.35. The molecule has 148 valence electrons. The van der Waals surface area contributed by atoms with Gasteiger partial charge in [0.2, 0.25) is 5.91 Å². The fraction of sp³-hybridized carbons (Fsp3) is 0.227. The van der Waals surface area contributed by atoms with Crippen LogP contribution < -0.4 is 10.6 Å².